The number of hydrogen-bond donors (Lipinski definition) is 0. The average Bonchev–Trinajstić information content (AvgIpc) is 2.45. The molecule has 2 rings (SSSR count). The zero-order valence-corrected chi connectivity index (χ0v) is 11.5. The predicted molar refractivity (Wildman–Crippen MR) is 79.6 cm³/mol. The van der Waals surface area contributed by atoms with Gasteiger partial charge < -0.3 is 0 Å². The first kappa shape index (κ1) is 13.8. The Bertz CT molecular complexity index is 676. The molecular weight excluding hydrogens is 250 g/mol. The summed E-state index contributed by atoms with van der Waals surface area (Å²) in [5.74, 6) is 6.60. The minimum absolute atomic E-state index is 0.0816. The van der Waals surface area contributed by atoms with Crippen LogP contribution in [0, 0.1) is 22.0 Å². The van der Waals surface area contributed by atoms with E-state index in [0.29, 0.717) is 5.92 Å². The summed E-state index contributed by atoms with van der Waals surface area (Å²) in [5.41, 5.74) is 3.06. The maximum Gasteiger partial charge on any atom is 0.269 e. The fourth-order valence-electron chi connectivity index (χ4n) is 1.92. The molecule has 0 amide bonds. The van der Waals surface area contributed by atoms with E-state index in [4.69, 9.17) is 0 Å². The van der Waals surface area contributed by atoms with Crippen molar-refractivity contribution >= 4 is 5.69 Å². The van der Waals surface area contributed by atoms with Crippen LogP contribution in [0.3, 0.4) is 0 Å². The molecule has 3 heteroatoms. The number of benzene rings is 2. The van der Waals surface area contributed by atoms with E-state index in [1.807, 2.05) is 18.2 Å². The van der Waals surface area contributed by atoms with Gasteiger partial charge in [0.05, 0.1) is 4.92 Å². The van der Waals surface area contributed by atoms with Crippen molar-refractivity contribution < 1.29 is 4.92 Å². The van der Waals surface area contributed by atoms with E-state index >= 15 is 0 Å². The molecule has 0 aromatic heterocycles. The van der Waals surface area contributed by atoms with Crippen LogP contribution in [0.4, 0.5) is 5.69 Å². The van der Waals surface area contributed by atoms with Crippen molar-refractivity contribution in [2.75, 3.05) is 0 Å². The lowest BCUT2D eigenvalue weighted by Gasteiger charge is -2.07. The van der Waals surface area contributed by atoms with E-state index in [1.54, 1.807) is 12.1 Å². The van der Waals surface area contributed by atoms with E-state index in [0.717, 1.165) is 11.1 Å². The molecule has 20 heavy (non-hydrogen) atoms. The summed E-state index contributed by atoms with van der Waals surface area (Å²) in [5, 5.41) is 10.6. The first-order chi connectivity index (χ1) is 9.58. The standard InChI is InChI=1S/C17H15NO2/c1-13(2)17-6-4-3-5-15(17)10-7-14-8-11-16(12-9-14)18(19)20/h3-6,8-9,11-13H,1-2H3. The number of nitro groups is 1. The summed E-state index contributed by atoms with van der Waals surface area (Å²) in [6.45, 7) is 4.26. The monoisotopic (exact) mass is 265 g/mol. The van der Waals surface area contributed by atoms with Crippen molar-refractivity contribution in [3.63, 3.8) is 0 Å². The predicted octanol–water partition coefficient (Wildman–Crippen LogP) is 4.12. The van der Waals surface area contributed by atoms with Crippen LogP contribution in [0.5, 0.6) is 0 Å². The Morgan fingerprint density at radius 2 is 1.65 bits per heavy atom. The number of nitro benzene ring substituents is 1. The molecule has 0 radical (unpaired) electrons. The molecular formula is C17H15NO2. The van der Waals surface area contributed by atoms with Gasteiger partial charge in [-0.15, -0.1) is 0 Å². The minimum Gasteiger partial charge on any atom is -0.258 e. The second kappa shape index (κ2) is 6.03. The molecule has 0 aliphatic carbocycles. The van der Waals surface area contributed by atoms with Crippen LogP contribution in [0.15, 0.2) is 48.5 Å². The summed E-state index contributed by atoms with van der Waals surface area (Å²) < 4.78 is 0. The third-order valence-electron chi connectivity index (χ3n) is 3.00. The van der Waals surface area contributed by atoms with Gasteiger partial charge >= 0.3 is 0 Å². The third-order valence-corrected chi connectivity index (χ3v) is 3.00. The Balaban J connectivity index is 2.29. The molecule has 0 heterocycles. The molecule has 3 nitrogen and oxygen atoms in total. The molecule has 0 bridgehead atoms. The van der Waals surface area contributed by atoms with E-state index in [9.17, 15) is 10.1 Å². The molecule has 0 fully saturated rings. The molecule has 0 atom stereocenters. The normalized spacial score (nSPS) is 9.95. The summed E-state index contributed by atoms with van der Waals surface area (Å²) in [7, 11) is 0. The van der Waals surface area contributed by atoms with Crippen molar-refractivity contribution in [2.24, 2.45) is 0 Å². The Labute approximate surface area is 118 Å². The smallest absolute Gasteiger partial charge is 0.258 e. The quantitative estimate of drug-likeness (QED) is 0.465. The van der Waals surface area contributed by atoms with Gasteiger partial charge in [0, 0.05) is 23.3 Å². The van der Waals surface area contributed by atoms with Crippen molar-refractivity contribution in [2.45, 2.75) is 19.8 Å². The van der Waals surface area contributed by atoms with Gasteiger partial charge in [-0.05, 0) is 29.7 Å². The van der Waals surface area contributed by atoms with Crippen LogP contribution >= 0.6 is 0 Å². The van der Waals surface area contributed by atoms with Crippen molar-refractivity contribution in [3.8, 4) is 11.8 Å². The van der Waals surface area contributed by atoms with Crippen molar-refractivity contribution in [1.82, 2.24) is 0 Å². The average molecular weight is 265 g/mol. The van der Waals surface area contributed by atoms with Gasteiger partial charge in [-0.1, -0.05) is 43.9 Å². The molecule has 0 saturated carbocycles. The van der Waals surface area contributed by atoms with Crippen LogP contribution in [0.2, 0.25) is 0 Å². The number of non-ortho nitro benzene ring substituents is 1. The Kier molecular flexibility index (Phi) is 4.17. The SMILES string of the molecule is CC(C)c1ccccc1C#Cc1ccc([N+](=O)[O-])cc1. The maximum absolute atomic E-state index is 10.6. The largest absolute Gasteiger partial charge is 0.269 e. The lowest BCUT2D eigenvalue weighted by molar-refractivity contribution is -0.384. The van der Waals surface area contributed by atoms with Gasteiger partial charge in [0.1, 0.15) is 0 Å². The first-order valence-electron chi connectivity index (χ1n) is 6.43. The topological polar surface area (TPSA) is 43.1 Å². The maximum atomic E-state index is 10.6. The van der Waals surface area contributed by atoms with Crippen molar-refractivity contribution in [3.05, 3.63) is 75.3 Å². The second-order valence-corrected chi connectivity index (χ2v) is 4.80. The zero-order chi connectivity index (χ0) is 14.5. The van der Waals surface area contributed by atoms with Gasteiger partial charge in [-0.3, -0.25) is 10.1 Å². The summed E-state index contributed by atoms with van der Waals surface area (Å²) in [6.07, 6.45) is 0. The van der Waals surface area contributed by atoms with E-state index < -0.39 is 4.92 Å². The van der Waals surface area contributed by atoms with Gasteiger partial charge in [-0.2, -0.15) is 0 Å². The molecule has 0 spiro atoms. The van der Waals surface area contributed by atoms with Crippen LogP contribution < -0.4 is 0 Å². The molecule has 2 aromatic carbocycles. The Morgan fingerprint density at radius 1 is 1.00 bits per heavy atom. The zero-order valence-electron chi connectivity index (χ0n) is 11.5. The molecule has 0 unspecified atom stereocenters. The third kappa shape index (κ3) is 3.24. The summed E-state index contributed by atoms with van der Waals surface area (Å²) in [6, 6.07) is 14.3. The molecule has 2 aromatic rings. The minimum atomic E-state index is -0.411. The second-order valence-electron chi connectivity index (χ2n) is 4.80. The van der Waals surface area contributed by atoms with E-state index in [2.05, 4.69) is 31.8 Å². The lowest BCUT2D eigenvalue weighted by Crippen LogP contribution is -1.91. The molecule has 0 saturated heterocycles. The highest BCUT2D eigenvalue weighted by Crippen LogP contribution is 2.18. The van der Waals surface area contributed by atoms with Gasteiger partial charge in [0.2, 0.25) is 0 Å². The summed E-state index contributed by atoms with van der Waals surface area (Å²) in [4.78, 5) is 10.2. The van der Waals surface area contributed by atoms with Crippen molar-refractivity contribution in [1.29, 1.82) is 0 Å². The fraction of sp³-hybridized carbons (Fsp3) is 0.176. The van der Waals surface area contributed by atoms with Crippen LogP contribution in [0.25, 0.3) is 0 Å². The van der Waals surface area contributed by atoms with Gasteiger partial charge in [-0.25, -0.2) is 0 Å². The lowest BCUT2D eigenvalue weighted by atomic mass is 9.97. The van der Waals surface area contributed by atoms with Crippen LogP contribution in [-0.2, 0) is 0 Å². The molecule has 0 aliphatic heterocycles. The highest BCUT2D eigenvalue weighted by molar-refractivity contribution is 5.48. The van der Waals surface area contributed by atoms with Gasteiger partial charge in [0.15, 0.2) is 0 Å². The first-order valence-corrected chi connectivity index (χ1v) is 6.43. The molecule has 100 valence electrons. The fourth-order valence-corrected chi connectivity index (χ4v) is 1.92. The number of rotatable bonds is 2. The highest BCUT2D eigenvalue weighted by Gasteiger charge is 2.04. The number of nitrogens with zero attached hydrogens (tertiary/aromatic N) is 1. The highest BCUT2D eigenvalue weighted by atomic mass is 16.6. The molecule has 0 N–H and O–H groups in total. The molecule has 0 aliphatic rings. The summed E-state index contributed by atoms with van der Waals surface area (Å²) >= 11 is 0. The number of hydrogen-bond acceptors (Lipinski definition) is 2. The Hall–Kier alpha value is -2.60. The van der Waals surface area contributed by atoms with E-state index in [1.165, 1.54) is 17.7 Å². The van der Waals surface area contributed by atoms with E-state index in [-0.39, 0.29) is 5.69 Å². The van der Waals surface area contributed by atoms with Crippen LogP contribution in [-0.4, -0.2) is 4.92 Å². The van der Waals surface area contributed by atoms with Gasteiger partial charge in [0.25, 0.3) is 5.69 Å². The van der Waals surface area contributed by atoms with Crippen LogP contribution in [0.1, 0.15) is 36.5 Å². The Morgan fingerprint density at radius 3 is 2.25 bits per heavy atom.